The van der Waals surface area contributed by atoms with Gasteiger partial charge in [0, 0.05) is 43.3 Å². The minimum atomic E-state index is -0.559. The average Bonchev–Trinajstić information content (AvgIpc) is 3.41. The molecular weight excluding hydrogens is 631 g/mol. The minimum absolute atomic E-state index is 0.0564. The van der Waals surface area contributed by atoms with Crippen molar-refractivity contribution < 1.29 is 18.8 Å². The Morgan fingerprint density at radius 3 is 2.47 bits per heavy atom. The summed E-state index contributed by atoms with van der Waals surface area (Å²) in [7, 11) is 0. The van der Waals surface area contributed by atoms with Gasteiger partial charge in [0.25, 0.3) is 11.8 Å². The number of aromatic nitrogens is 1. The first kappa shape index (κ1) is 29.8. The van der Waals surface area contributed by atoms with Gasteiger partial charge in [-0.2, -0.15) is 0 Å². The minimum Gasteiger partial charge on any atom is -0.361 e. The Morgan fingerprint density at radius 1 is 0.907 bits per heavy atom. The zero-order chi connectivity index (χ0) is 30.3. The number of hydrogen-bond donors (Lipinski definition) is 4. The first-order valence-corrected chi connectivity index (χ1v) is 14.9. The molecule has 0 saturated carbocycles. The van der Waals surface area contributed by atoms with Gasteiger partial charge >= 0.3 is 0 Å². The molecule has 5 aromatic rings. The largest absolute Gasteiger partial charge is 0.361 e. The van der Waals surface area contributed by atoms with Crippen molar-refractivity contribution in [2.24, 2.45) is 0 Å². The van der Waals surface area contributed by atoms with E-state index in [1.165, 1.54) is 23.9 Å². The summed E-state index contributed by atoms with van der Waals surface area (Å²) in [5.41, 5.74) is 2.66. The van der Waals surface area contributed by atoms with Crippen LogP contribution in [0.2, 0.25) is 0 Å². The van der Waals surface area contributed by atoms with Gasteiger partial charge in [-0.15, -0.1) is 11.8 Å². The number of amides is 3. The molecule has 1 unspecified atom stereocenters. The Kier molecular flexibility index (Phi) is 9.38. The number of thioether (sulfide) groups is 1. The molecule has 10 heteroatoms. The number of benzene rings is 4. The Hall–Kier alpha value is -4.67. The van der Waals surface area contributed by atoms with Crippen molar-refractivity contribution in [2.75, 3.05) is 10.6 Å². The quantitative estimate of drug-likeness (QED) is 0.0969. The van der Waals surface area contributed by atoms with Crippen LogP contribution in [0.5, 0.6) is 0 Å². The molecule has 5 rings (SSSR count). The van der Waals surface area contributed by atoms with Crippen LogP contribution in [0.1, 0.15) is 22.8 Å². The highest BCUT2D eigenvalue weighted by Crippen LogP contribution is 2.28. The highest BCUT2D eigenvalue weighted by atomic mass is 79.9. The highest BCUT2D eigenvalue weighted by Gasteiger charge is 2.19. The molecule has 1 heterocycles. The van der Waals surface area contributed by atoms with E-state index < -0.39 is 22.9 Å². The average molecular weight is 658 g/mol. The Labute approximate surface area is 260 Å². The molecule has 4 aromatic carbocycles. The molecule has 0 aliphatic carbocycles. The van der Waals surface area contributed by atoms with Gasteiger partial charge in [0.2, 0.25) is 5.91 Å². The van der Waals surface area contributed by atoms with Gasteiger partial charge < -0.3 is 20.9 Å². The van der Waals surface area contributed by atoms with Crippen LogP contribution < -0.4 is 16.0 Å². The molecule has 0 aliphatic rings. The highest BCUT2D eigenvalue weighted by molar-refractivity contribution is 9.10. The van der Waals surface area contributed by atoms with Gasteiger partial charge in [-0.25, -0.2) is 4.39 Å². The molecule has 43 heavy (non-hydrogen) atoms. The summed E-state index contributed by atoms with van der Waals surface area (Å²) in [6.07, 6.45) is 3.40. The second-order valence-electron chi connectivity index (χ2n) is 9.52. The Bertz CT molecular complexity index is 1840. The second kappa shape index (κ2) is 13.5. The maximum Gasteiger partial charge on any atom is 0.272 e. The van der Waals surface area contributed by atoms with Crippen molar-refractivity contribution >= 4 is 73.8 Å². The monoisotopic (exact) mass is 656 g/mol. The number of carbonyl (C=O) groups is 3. The normalized spacial score (nSPS) is 12.0. The molecule has 0 spiro atoms. The predicted octanol–water partition coefficient (Wildman–Crippen LogP) is 7.60. The first-order valence-electron chi connectivity index (χ1n) is 13.2. The number of para-hydroxylation sites is 1. The Morgan fingerprint density at radius 2 is 1.67 bits per heavy atom. The summed E-state index contributed by atoms with van der Waals surface area (Å²) in [6, 6.07) is 27.7. The van der Waals surface area contributed by atoms with E-state index in [4.69, 9.17) is 0 Å². The fourth-order valence-corrected chi connectivity index (χ4v) is 5.50. The third-order valence-corrected chi connectivity index (χ3v) is 8.00. The molecule has 0 fully saturated rings. The van der Waals surface area contributed by atoms with Crippen LogP contribution >= 0.6 is 27.7 Å². The topological polar surface area (TPSA) is 103 Å². The lowest BCUT2D eigenvalue weighted by molar-refractivity contribution is -0.115. The standard InChI is InChI=1S/C33H26BrFN4O3S/c1-20(31(40)38-29-15-14-23(34)17-27(29)35)43-25-11-7-10-24(18-25)37-33(42)30(39-32(41)21-8-3-2-4-9-21)16-22-19-36-28-13-6-5-12-26(22)28/h2-20,36H,1H3,(H,37,42)(H,38,40)(H,39,41)/b30-16-. The van der Waals surface area contributed by atoms with Crippen molar-refractivity contribution in [3.63, 3.8) is 0 Å². The number of hydrogen-bond acceptors (Lipinski definition) is 4. The lowest BCUT2D eigenvalue weighted by Crippen LogP contribution is -2.30. The third kappa shape index (κ3) is 7.59. The van der Waals surface area contributed by atoms with Crippen LogP contribution in [0, 0.1) is 5.82 Å². The fourth-order valence-electron chi connectivity index (χ4n) is 4.24. The maximum absolute atomic E-state index is 14.2. The van der Waals surface area contributed by atoms with E-state index in [9.17, 15) is 18.8 Å². The maximum atomic E-state index is 14.2. The van der Waals surface area contributed by atoms with E-state index in [-0.39, 0.29) is 17.3 Å². The van der Waals surface area contributed by atoms with E-state index in [0.29, 0.717) is 20.6 Å². The zero-order valence-corrected chi connectivity index (χ0v) is 25.3. The van der Waals surface area contributed by atoms with Crippen LogP contribution in [0.3, 0.4) is 0 Å². The van der Waals surface area contributed by atoms with E-state index in [0.717, 1.165) is 16.5 Å². The second-order valence-corrected chi connectivity index (χ2v) is 11.9. The van der Waals surface area contributed by atoms with E-state index in [1.807, 2.05) is 30.3 Å². The van der Waals surface area contributed by atoms with Crippen molar-refractivity contribution in [3.8, 4) is 0 Å². The zero-order valence-electron chi connectivity index (χ0n) is 22.9. The number of aromatic amines is 1. The van der Waals surface area contributed by atoms with Crippen LogP contribution in [0.4, 0.5) is 15.8 Å². The molecule has 3 amide bonds. The lowest BCUT2D eigenvalue weighted by Gasteiger charge is -2.14. The molecule has 7 nitrogen and oxygen atoms in total. The van der Waals surface area contributed by atoms with Gasteiger partial charge in [0.15, 0.2) is 0 Å². The molecule has 1 aromatic heterocycles. The summed E-state index contributed by atoms with van der Waals surface area (Å²) in [4.78, 5) is 43.2. The summed E-state index contributed by atoms with van der Waals surface area (Å²) >= 11 is 4.46. The summed E-state index contributed by atoms with van der Waals surface area (Å²) in [5.74, 6) is -1.85. The number of anilines is 2. The van der Waals surface area contributed by atoms with Crippen LogP contribution in [0.25, 0.3) is 17.0 Å². The van der Waals surface area contributed by atoms with Crippen LogP contribution in [0.15, 0.2) is 118 Å². The third-order valence-electron chi connectivity index (χ3n) is 6.41. The van der Waals surface area contributed by atoms with Crippen LogP contribution in [-0.2, 0) is 9.59 Å². The molecule has 4 N–H and O–H groups in total. The number of halogens is 2. The number of nitrogens with one attached hydrogen (secondary N) is 4. The fraction of sp³-hybridized carbons (Fsp3) is 0.0606. The molecule has 0 aliphatic heterocycles. The molecular formula is C33H26BrFN4O3S. The molecule has 0 radical (unpaired) electrons. The number of rotatable bonds is 9. The van der Waals surface area contributed by atoms with E-state index in [1.54, 1.807) is 73.8 Å². The van der Waals surface area contributed by atoms with Crippen molar-refractivity contribution in [2.45, 2.75) is 17.1 Å². The van der Waals surface area contributed by atoms with Crippen LogP contribution in [-0.4, -0.2) is 28.0 Å². The van der Waals surface area contributed by atoms with Crippen molar-refractivity contribution in [3.05, 3.63) is 130 Å². The molecule has 216 valence electrons. The van der Waals surface area contributed by atoms with Gasteiger partial charge in [-0.3, -0.25) is 14.4 Å². The lowest BCUT2D eigenvalue weighted by atomic mass is 10.1. The predicted molar refractivity (Wildman–Crippen MR) is 173 cm³/mol. The van der Waals surface area contributed by atoms with Gasteiger partial charge in [0.1, 0.15) is 11.5 Å². The van der Waals surface area contributed by atoms with Gasteiger partial charge in [-0.05, 0) is 67.6 Å². The smallest absolute Gasteiger partial charge is 0.272 e. The van der Waals surface area contributed by atoms with E-state index >= 15 is 0 Å². The van der Waals surface area contributed by atoms with Gasteiger partial charge in [-0.1, -0.05) is 58.4 Å². The van der Waals surface area contributed by atoms with E-state index in [2.05, 4.69) is 36.9 Å². The van der Waals surface area contributed by atoms with Crippen molar-refractivity contribution in [1.29, 1.82) is 0 Å². The summed E-state index contributed by atoms with van der Waals surface area (Å²) < 4.78 is 14.8. The SMILES string of the molecule is CC(Sc1cccc(NC(=O)/C(=C/c2c[nH]c3ccccc23)NC(=O)c2ccccc2)c1)C(=O)Nc1ccc(Br)cc1F. The Balaban J connectivity index is 1.33. The summed E-state index contributed by atoms with van der Waals surface area (Å²) in [5, 5.41) is 8.56. The molecule has 1 atom stereocenters. The van der Waals surface area contributed by atoms with Gasteiger partial charge in [0.05, 0.1) is 10.9 Å². The molecule has 0 bridgehead atoms. The summed E-state index contributed by atoms with van der Waals surface area (Å²) in [6.45, 7) is 1.71. The number of H-pyrrole nitrogens is 1. The number of carbonyl (C=O) groups excluding carboxylic acids is 3. The first-order chi connectivity index (χ1) is 20.8. The van der Waals surface area contributed by atoms with Crippen molar-refractivity contribution in [1.82, 2.24) is 10.3 Å². The molecule has 0 saturated heterocycles. The number of fused-ring (bicyclic) bond motifs is 1.